The van der Waals surface area contributed by atoms with Crippen LogP contribution in [0.5, 0.6) is 5.75 Å². The van der Waals surface area contributed by atoms with E-state index in [1.165, 1.54) is 6.20 Å². The van der Waals surface area contributed by atoms with Crippen LogP contribution in [0.3, 0.4) is 0 Å². The Morgan fingerprint density at radius 3 is 1.23 bits per heavy atom. The van der Waals surface area contributed by atoms with Gasteiger partial charge in [-0.15, -0.1) is 0 Å². The first-order valence-corrected chi connectivity index (χ1v) is 30.7. The van der Waals surface area contributed by atoms with Crippen molar-refractivity contribution in [3.05, 3.63) is 238 Å². The highest BCUT2D eigenvalue weighted by Gasteiger charge is 2.49. The highest BCUT2D eigenvalue weighted by atomic mass is 32.2. The molecule has 2 aliphatic rings. The van der Waals surface area contributed by atoms with Crippen molar-refractivity contribution in [1.29, 1.82) is 0 Å². The van der Waals surface area contributed by atoms with Gasteiger partial charge in [0.25, 0.3) is 11.1 Å². The fraction of sp³-hybridized carbons (Fsp3) is 0.203. The topological polar surface area (TPSA) is 125 Å². The Hall–Kier alpha value is -9.53. The Morgan fingerprint density at radius 2 is 0.818 bits per heavy atom. The van der Waals surface area contributed by atoms with Gasteiger partial charge in [-0.1, -0.05) is 177 Å². The molecule has 0 N–H and O–H groups in total. The zero-order valence-electron chi connectivity index (χ0n) is 49.7. The molecule has 12 aromatic rings. The van der Waals surface area contributed by atoms with Crippen LogP contribution in [0.4, 0.5) is 13.2 Å². The summed E-state index contributed by atoms with van der Waals surface area (Å²) in [5, 5.41) is 3.67. The molecule has 0 bridgehead atoms. The van der Waals surface area contributed by atoms with Crippen LogP contribution in [0, 0.1) is 0 Å². The average Bonchev–Trinajstić information content (AvgIpc) is 1.52. The van der Waals surface area contributed by atoms with E-state index in [0.29, 0.717) is 16.9 Å². The number of fused-ring (bicyclic) bond motifs is 10. The maximum absolute atomic E-state index is 13.9. The van der Waals surface area contributed by atoms with E-state index >= 15 is 0 Å². The SMILES string of the molecule is CC1(C)CC(C)(C)c2c1c(=O)nc1c3ccc(-c4ccccc4-c4cc(-c5ccccc5-c5ccc(-c6cc(OS(=O)(=O)C(F)(F)F)ccn6)cc5)cc(-c5ccccc5-c5ccc6c(ccn7c8c(c(=O)nc67)C(C)(C)CC8(C)C)c5)c4)cc3ccn21. The molecule has 0 saturated carbocycles. The quantitative estimate of drug-likeness (QED) is 0.0795. The minimum absolute atomic E-state index is 0.176. The van der Waals surface area contributed by atoms with Crippen molar-refractivity contribution in [2.24, 2.45) is 0 Å². The summed E-state index contributed by atoms with van der Waals surface area (Å²) in [7, 11) is -5.90. The molecule has 0 aliphatic heterocycles. The number of alkyl halides is 3. The van der Waals surface area contributed by atoms with E-state index in [1.54, 1.807) is 12.1 Å². The number of pyridine rings is 3. The summed E-state index contributed by atoms with van der Waals surface area (Å²) in [5.74, 6) is -0.517. The van der Waals surface area contributed by atoms with Crippen molar-refractivity contribution in [3.8, 4) is 83.8 Å². The standard InChI is InChI=1S/C74H60F3N5O5S/c1-70(2)41-72(5,6)64-62(70)68(83)79-66-59-27-25-45(35-47(59)30-33-81(64)66)54-16-10-13-19-57(54)50-37-49(56-18-12-9-15-53(56)43-21-23-44(24-22-43)61-40-52(29-32-78-61)87-88(85,86)74(75,76)77)38-51(39-50)58-20-14-11-17-55(58)46-26-28-60-48(36-46)31-34-82-65-63(69(84)80-67(60)82)71(3,4)42-73(65,7)8/h9-40H,41-42H2,1-8H3. The molecule has 88 heavy (non-hydrogen) atoms. The van der Waals surface area contributed by atoms with Gasteiger partial charge >= 0.3 is 15.6 Å². The number of hydrogen-bond acceptors (Lipinski definition) is 8. The van der Waals surface area contributed by atoms with Crippen molar-refractivity contribution >= 4 is 43.0 Å². The minimum atomic E-state index is -5.90. The number of halogens is 3. The largest absolute Gasteiger partial charge is 0.534 e. The maximum Gasteiger partial charge on any atom is 0.534 e. The van der Waals surface area contributed by atoms with Crippen molar-refractivity contribution in [3.63, 3.8) is 0 Å². The van der Waals surface area contributed by atoms with E-state index in [0.717, 1.165) is 136 Å². The molecule has 0 radical (unpaired) electrons. The molecule has 438 valence electrons. The first-order valence-electron chi connectivity index (χ1n) is 29.3. The van der Waals surface area contributed by atoms with Gasteiger partial charge in [0, 0.05) is 80.4 Å². The zero-order valence-corrected chi connectivity index (χ0v) is 50.5. The smallest absolute Gasteiger partial charge is 0.376 e. The Balaban J connectivity index is 0.910. The fourth-order valence-corrected chi connectivity index (χ4v) is 15.4. The second-order valence-electron chi connectivity index (χ2n) is 26.2. The van der Waals surface area contributed by atoms with Crippen molar-refractivity contribution in [2.45, 2.75) is 95.4 Å². The van der Waals surface area contributed by atoms with Crippen LogP contribution in [0.25, 0.3) is 111 Å². The van der Waals surface area contributed by atoms with Gasteiger partial charge < -0.3 is 13.0 Å². The Labute approximate surface area is 506 Å². The molecule has 0 saturated heterocycles. The molecule has 14 rings (SSSR count). The predicted molar refractivity (Wildman–Crippen MR) is 344 cm³/mol. The molecule has 7 aromatic carbocycles. The molecule has 10 nitrogen and oxygen atoms in total. The van der Waals surface area contributed by atoms with Crippen LogP contribution >= 0.6 is 0 Å². The Bertz CT molecular complexity index is 4970. The third-order valence-electron chi connectivity index (χ3n) is 18.0. The number of hydrogen-bond donors (Lipinski definition) is 0. The first kappa shape index (κ1) is 56.3. The van der Waals surface area contributed by atoms with Crippen LogP contribution in [-0.2, 0) is 31.8 Å². The van der Waals surface area contributed by atoms with Gasteiger partial charge in [-0.25, -0.2) is 0 Å². The summed E-state index contributed by atoms with van der Waals surface area (Å²) < 4.78 is 72.2. The number of benzene rings is 7. The van der Waals surface area contributed by atoms with Gasteiger partial charge in [0.2, 0.25) is 0 Å². The van der Waals surface area contributed by atoms with E-state index in [2.05, 4.69) is 183 Å². The number of nitrogens with zero attached hydrogens (tertiary/aromatic N) is 5. The summed E-state index contributed by atoms with van der Waals surface area (Å²) in [4.78, 5) is 41.7. The molecule has 5 heterocycles. The van der Waals surface area contributed by atoms with Crippen molar-refractivity contribution < 1.29 is 25.8 Å². The molecule has 0 unspecified atom stereocenters. The molecule has 2 aliphatic carbocycles. The van der Waals surface area contributed by atoms with Crippen LogP contribution in [-0.4, -0.2) is 37.7 Å². The molecular formula is C74H60F3N5O5S. The Kier molecular flexibility index (Phi) is 12.6. The van der Waals surface area contributed by atoms with Crippen molar-refractivity contribution in [1.82, 2.24) is 23.8 Å². The predicted octanol–water partition coefficient (Wildman–Crippen LogP) is 17.2. The molecule has 0 amide bonds. The minimum Gasteiger partial charge on any atom is -0.376 e. The van der Waals surface area contributed by atoms with Crippen LogP contribution < -0.4 is 15.3 Å². The lowest BCUT2D eigenvalue weighted by atomic mass is 9.82. The molecular weight excluding hydrogens is 1130 g/mol. The van der Waals surface area contributed by atoms with Crippen LogP contribution in [0.2, 0.25) is 0 Å². The van der Waals surface area contributed by atoms with Gasteiger partial charge in [0.1, 0.15) is 17.0 Å². The monoisotopic (exact) mass is 1190 g/mol. The maximum atomic E-state index is 13.9. The van der Waals surface area contributed by atoms with Gasteiger partial charge in [-0.2, -0.15) is 31.6 Å². The second kappa shape index (κ2) is 19.7. The third-order valence-corrected chi connectivity index (χ3v) is 19.0. The normalized spacial score (nSPS) is 15.7. The zero-order chi connectivity index (χ0) is 61.6. The number of aromatic nitrogens is 5. The number of rotatable bonds is 9. The van der Waals surface area contributed by atoms with Crippen LogP contribution in [0.15, 0.2) is 204 Å². The highest BCUT2D eigenvalue weighted by molar-refractivity contribution is 7.88. The summed E-state index contributed by atoms with van der Waals surface area (Å²) in [6.45, 7) is 17.3. The summed E-state index contributed by atoms with van der Waals surface area (Å²) in [5.41, 5.74) is 10.0. The lowest BCUT2D eigenvalue weighted by Crippen LogP contribution is -2.28. The lowest BCUT2D eigenvalue weighted by Gasteiger charge is -2.23. The van der Waals surface area contributed by atoms with Gasteiger partial charge in [0.15, 0.2) is 0 Å². The average molecular weight is 1190 g/mol. The molecule has 0 fully saturated rings. The van der Waals surface area contributed by atoms with Crippen LogP contribution in [0.1, 0.15) is 90.7 Å². The molecule has 5 aromatic heterocycles. The van der Waals surface area contributed by atoms with E-state index in [4.69, 9.17) is 9.97 Å². The second-order valence-corrected chi connectivity index (χ2v) is 27.7. The highest BCUT2D eigenvalue weighted by Crippen LogP contribution is 2.50. The van der Waals surface area contributed by atoms with Gasteiger partial charge in [-0.3, -0.25) is 14.6 Å². The van der Waals surface area contributed by atoms with Gasteiger partial charge in [0.05, 0.1) is 5.69 Å². The summed E-state index contributed by atoms with van der Waals surface area (Å²) in [6, 6.07) is 58.1. The third kappa shape index (κ3) is 9.21. The molecule has 0 atom stereocenters. The van der Waals surface area contributed by atoms with Crippen molar-refractivity contribution in [2.75, 3.05) is 0 Å². The molecule has 14 heteroatoms. The first-order chi connectivity index (χ1) is 41.8. The summed E-state index contributed by atoms with van der Waals surface area (Å²) >= 11 is 0. The summed E-state index contributed by atoms with van der Waals surface area (Å²) in [6.07, 6.45) is 6.99. The van der Waals surface area contributed by atoms with E-state index < -0.39 is 21.4 Å². The fourth-order valence-electron chi connectivity index (χ4n) is 15.0. The van der Waals surface area contributed by atoms with Gasteiger partial charge in [-0.05, 0) is 144 Å². The van der Waals surface area contributed by atoms with E-state index in [-0.39, 0.29) is 38.5 Å². The lowest BCUT2D eigenvalue weighted by molar-refractivity contribution is -0.0500. The Morgan fingerprint density at radius 1 is 0.443 bits per heavy atom. The van der Waals surface area contributed by atoms with E-state index in [9.17, 15) is 31.2 Å². The molecule has 0 spiro atoms. The van der Waals surface area contributed by atoms with E-state index in [1.807, 2.05) is 54.6 Å².